The van der Waals surface area contributed by atoms with E-state index in [9.17, 15) is 18.4 Å². The number of hydrogen-bond acceptors (Lipinski definition) is 3. The van der Waals surface area contributed by atoms with E-state index in [0.717, 1.165) is 51.0 Å². The second kappa shape index (κ2) is 7.57. The van der Waals surface area contributed by atoms with Crippen LogP contribution in [0.5, 0.6) is 5.75 Å². The number of urea groups is 1. The van der Waals surface area contributed by atoms with Crippen molar-refractivity contribution in [2.75, 3.05) is 0 Å². The van der Waals surface area contributed by atoms with Gasteiger partial charge in [-0.25, -0.2) is 13.6 Å². The summed E-state index contributed by atoms with van der Waals surface area (Å²) in [6.07, 6.45) is 7.65. The first kappa shape index (κ1) is 21.2. The second-order valence-corrected chi connectivity index (χ2v) is 11.2. The number of rotatable bonds is 4. The first-order valence-corrected chi connectivity index (χ1v) is 12.3. The van der Waals surface area contributed by atoms with E-state index < -0.39 is 11.6 Å². The van der Waals surface area contributed by atoms with Gasteiger partial charge in [-0.3, -0.25) is 4.79 Å². The van der Waals surface area contributed by atoms with E-state index in [0.29, 0.717) is 30.6 Å². The zero-order chi connectivity index (χ0) is 22.9. The van der Waals surface area contributed by atoms with Crippen molar-refractivity contribution in [1.82, 2.24) is 10.2 Å². The SMILES string of the molecule is NC(=O)C12CC3CC(C1)C(NC(=O)N1C4CC[C@H]1CC(Oc1cc(F)cc(F)c1)C4)C(C3)C2. The van der Waals surface area contributed by atoms with Gasteiger partial charge in [-0.05, 0) is 62.7 Å². The van der Waals surface area contributed by atoms with Crippen molar-refractivity contribution in [1.29, 1.82) is 0 Å². The molecule has 2 saturated heterocycles. The lowest BCUT2D eigenvalue weighted by Gasteiger charge is -2.59. The van der Waals surface area contributed by atoms with Gasteiger partial charge in [0.2, 0.25) is 5.91 Å². The third-order valence-corrected chi connectivity index (χ3v) is 9.15. The molecule has 178 valence electrons. The van der Waals surface area contributed by atoms with Crippen LogP contribution < -0.4 is 15.8 Å². The zero-order valence-electron chi connectivity index (χ0n) is 18.6. The van der Waals surface area contributed by atoms with Gasteiger partial charge in [0.1, 0.15) is 23.5 Å². The molecule has 8 heteroatoms. The van der Waals surface area contributed by atoms with Crippen molar-refractivity contribution in [2.45, 2.75) is 82.0 Å². The summed E-state index contributed by atoms with van der Waals surface area (Å²) in [5.74, 6) is -0.0584. The number of benzene rings is 1. The van der Waals surface area contributed by atoms with E-state index in [1.54, 1.807) is 0 Å². The summed E-state index contributed by atoms with van der Waals surface area (Å²) >= 11 is 0. The quantitative estimate of drug-likeness (QED) is 0.720. The van der Waals surface area contributed by atoms with E-state index in [2.05, 4.69) is 5.32 Å². The highest BCUT2D eigenvalue weighted by atomic mass is 19.1. The van der Waals surface area contributed by atoms with E-state index in [-0.39, 0.29) is 47.3 Å². The Bertz CT molecular complexity index is 937. The van der Waals surface area contributed by atoms with Crippen LogP contribution in [0.1, 0.15) is 57.8 Å². The van der Waals surface area contributed by atoms with Gasteiger partial charge in [0.05, 0.1) is 0 Å². The molecular formula is C25H31F2N3O3. The molecule has 6 fully saturated rings. The molecule has 1 aromatic carbocycles. The molecule has 3 amide bonds. The molecular weight excluding hydrogens is 428 g/mol. The Balaban J connectivity index is 1.11. The molecule has 3 N–H and O–H groups in total. The number of nitrogens with zero attached hydrogens (tertiary/aromatic N) is 1. The number of ether oxygens (including phenoxy) is 1. The van der Waals surface area contributed by atoms with Gasteiger partial charge < -0.3 is 20.7 Å². The third kappa shape index (κ3) is 3.56. The number of carbonyl (C=O) groups excluding carboxylic acids is 2. The van der Waals surface area contributed by atoms with Gasteiger partial charge in [-0.2, -0.15) is 0 Å². The normalized spacial score (nSPS) is 40.7. The second-order valence-electron chi connectivity index (χ2n) is 11.2. The largest absolute Gasteiger partial charge is 0.490 e. The molecule has 2 aliphatic heterocycles. The van der Waals surface area contributed by atoms with Gasteiger partial charge >= 0.3 is 6.03 Å². The summed E-state index contributed by atoms with van der Waals surface area (Å²) in [4.78, 5) is 27.6. The number of nitrogens with one attached hydrogen (secondary N) is 1. The van der Waals surface area contributed by atoms with Crippen LogP contribution in [0.15, 0.2) is 18.2 Å². The molecule has 7 rings (SSSR count). The van der Waals surface area contributed by atoms with Crippen molar-refractivity contribution in [3.8, 4) is 5.75 Å². The number of carbonyl (C=O) groups is 2. The Hall–Kier alpha value is -2.38. The lowest BCUT2D eigenvalue weighted by atomic mass is 9.47. The highest BCUT2D eigenvalue weighted by Gasteiger charge is 2.58. The van der Waals surface area contributed by atoms with Crippen LogP contribution in [-0.2, 0) is 4.79 Å². The minimum Gasteiger partial charge on any atom is -0.490 e. The fourth-order valence-electron chi connectivity index (χ4n) is 8.12. The van der Waals surface area contributed by atoms with E-state index in [1.807, 2.05) is 4.90 Å². The Morgan fingerprint density at radius 2 is 1.58 bits per heavy atom. The van der Waals surface area contributed by atoms with Crippen LogP contribution in [0.2, 0.25) is 0 Å². The lowest BCUT2D eigenvalue weighted by Crippen LogP contribution is -2.64. The van der Waals surface area contributed by atoms with Gasteiger partial charge in [0.15, 0.2) is 0 Å². The molecule has 6 bridgehead atoms. The summed E-state index contributed by atoms with van der Waals surface area (Å²) < 4.78 is 33.0. The van der Waals surface area contributed by atoms with E-state index >= 15 is 0 Å². The molecule has 33 heavy (non-hydrogen) atoms. The van der Waals surface area contributed by atoms with Gasteiger partial charge in [0.25, 0.3) is 0 Å². The van der Waals surface area contributed by atoms with Crippen molar-refractivity contribution in [2.24, 2.45) is 28.9 Å². The van der Waals surface area contributed by atoms with Crippen molar-refractivity contribution >= 4 is 11.9 Å². The summed E-state index contributed by atoms with van der Waals surface area (Å²) in [5.41, 5.74) is 5.44. The molecule has 0 radical (unpaired) electrons. The molecule has 4 aliphatic carbocycles. The van der Waals surface area contributed by atoms with E-state index in [1.165, 1.54) is 12.1 Å². The Morgan fingerprint density at radius 3 is 2.15 bits per heavy atom. The first-order valence-electron chi connectivity index (χ1n) is 12.3. The lowest BCUT2D eigenvalue weighted by molar-refractivity contribution is -0.145. The fraction of sp³-hybridized carbons (Fsp3) is 0.680. The average molecular weight is 460 g/mol. The van der Waals surface area contributed by atoms with Crippen LogP contribution in [0, 0.1) is 34.8 Å². The summed E-state index contributed by atoms with van der Waals surface area (Å²) in [5, 5.41) is 3.36. The minimum absolute atomic E-state index is 0.0108. The third-order valence-electron chi connectivity index (χ3n) is 9.15. The Labute approximate surface area is 192 Å². The van der Waals surface area contributed by atoms with Crippen molar-refractivity contribution in [3.05, 3.63) is 29.8 Å². The number of halogens is 2. The first-order chi connectivity index (χ1) is 15.8. The molecule has 1 aromatic rings. The van der Waals surface area contributed by atoms with Crippen LogP contribution >= 0.6 is 0 Å². The predicted octanol–water partition coefficient (Wildman–Crippen LogP) is 3.73. The topological polar surface area (TPSA) is 84.7 Å². The van der Waals surface area contributed by atoms with Gasteiger partial charge in [-0.1, -0.05) is 0 Å². The van der Waals surface area contributed by atoms with Crippen molar-refractivity contribution in [3.63, 3.8) is 0 Å². The number of nitrogens with two attached hydrogens (primary N) is 1. The minimum atomic E-state index is -0.654. The monoisotopic (exact) mass is 459 g/mol. The summed E-state index contributed by atoms with van der Waals surface area (Å²) in [7, 11) is 0. The number of fused-ring (bicyclic) bond motifs is 2. The standard InChI is InChI=1S/C25H31F2N3O3/c26-16-5-17(27)7-20(6-16)33-21-8-18-1-2-19(9-21)30(18)24(32)29-22-14-3-13-4-15(22)12-25(10-13,11-14)23(28)31/h5-7,13-15,18-19,21-22H,1-4,8-12H2,(H2,28,31)(H,29,32)/t13?,14?,15?,18-,19?,21?,22?,25?/m0/s1. The van der Waals surface area contributed by atoms with Gasteiger partial charge in [0, 0.05) is 54.6 Å². The molecule has 0 aromatic heterocycles. The summed E-state index contributed by atoms with van der Waals surface area (Å²) in [6.45, 7) is 0. The number of piperidine rings is 1. The molecule has 6 nitrogen and oxygen atoms in total. The maximum absolute atomic E-state index is 13.5. The smallest absolute Gasteiger partial charge is 0.318 e. The number of amides is 3. The highest BCUT2D eigenvalue weighted by molar-refractivity contribution is 5.81. The molecule has 5 atom stereocenters. The van der Waals surface area contributed by atoms with Crippen LogP contribution in [0.4, 0.5) is 13.6 Å². The van der Waals surface area contributed by atoms with Crippen molar-refractivity contribution < 1.29 is 23.1 Å². The maximum atomic E-state index is 13.5. The summed E-state index contributed by atoms with van der Waals surface area (Å²) in [6, 6.07) is 3.49. The average Bonchev–Trinajstić information content (AvgIpc) is 3.00. The van der Waals surface area contributed by atoms with Crippen LogP contribution in [0.3, 0.4) is 0 Å². The number of primary amides is 1. The van der Waals surface area contributed by atoms with Gasteiger partial charge in [-0.15, -0.1) is 0 Å². The maximum Gasteiger partial charge on any atom is 0.318 e. The fourth-order valence-corrected chi connectivity index (χ4v) is 8.12. The molecule has 6 aliphatic rings. The molecule has 0 spiro atoms. The molecule has 2 heterocycles. The number of hydrogen-bond donors (Lipinski definition) is 2. The Morgan fingerprint density at radius 1 is 0.970 bits per heavy atom. The Kier molecular flexibility index (Phi) is 4.86. The van der Waals surface area contributed by atoms with Crippen LogP contribution in [-0.4, -0.2) is 41.1 Å². The molecule has 4 saturated carbocycles. The molecule has 4 unspecified atom stereocenters. The van der Waals surface area contributed by atoms with E-state index in [4.69, 9.17) is 10.5 Å². The predicted molar refractivity (Wildman–Crippen MR) is 116 cm³/mol. The zero-order valence-corrected chi connectivity index (χ0v) is 18.6. The van der Waals surface area contributed by atoms with Crippen LogP contribution in [0.25, 0.3) is 0 Å². The highest BCUT2D eigenvalue weighted by Crippen LogP contribution is 2.60.